The molecule has 1 aromatic rings. The summed E-state index contributed by atoms with van der Waals surface area (Å²) in [7, 11) is 0. The first-order valence-corrected chi connectivity index (χ1v) is 2.59. The van der Waals surface area contributed by atoms with Crippen LogP contribution in [0.5, 0.6) is 5.75 Å². The van der Waals surface area contributed by atoms with Crippen molar-refractivity contribution in [2.45, 2.75) is 0 Å². The normalized spacial score (nSPS) is 8.00. The molecule has 10 heavy (non-hydrogen) atoms. The van der Waals surface area contributed by atoms with Gasteiger partial charge in [0.15, 0.2) is 5.75 Å². The molecule has 0 unspecified atom stereocenters. The van der Waals surface area contributed by atoms with E-state index in [1.807, 2.05) is 0 Å². The van der Waals surface area contributed by atoms with Gasteiger partial charge in [0.2, 0.25) is 5.43 Å². The Bertz CT molecular complexity index is 259. The van der Waals surface area contributed by atoms with Crippen LogP contribution in [0.4, 0.5) is 0 Å². The summed E-state index contributed by atoms with van der Waals surface area (Å²) >= 11 is 0. The van der Waals surface area contributed by atoms with Crippen molar-refractivity contribution < 1.29 is 5.11 Å². The molecule has 0 saturated carbocycles. The number of hydrogen-bond acceptors (Lipinski definition) is 2. The van der Waals surface area contributed by atoms with Crippen molar-refractivity contribution in [2.24, 2.45) is 0 Å². The zero-order chi connectivity index (χ0) is 6.69. The molecule has 0 aromatic heterocycles. The molecular weight excluding hydrogens is 155 g/mol. The Hall–Kier alpha value is 0.326. The van der Waals surface area contributed by atoms with E-state index in [0.29, 0.717) is 0 Å². The van der Waals surface area contributed by atoms with E-state index in [1.165, 1.54) is 12.1 Å². The van der Waals surface area contributed by atoms with E-state index >= 15 is 0 Å². The zero-order valence-electron chi connectivity index (χ0n) is 4.74. The molecule has 1 N–H and O–H groups in total. The maximum atomic E-state index is 10.6. The minimum atomic E-state index is -0.347. The molecule has 0 atom stereocenters. The first kappa shape index (κ1) is 10.3. The van der Waals surface area contributed by atoms with Crippen LogP contribution in [-0.4, -0.2) is 56.5 Å². The summed E-state index contributed by atoms with van der Waals surface area (Å²) in [4.78, 5) is 10.6. The summed E-state index contributed by atoms with van der Waals surface area (Å²) in [5.41, 5.74) is -0.347. The van der Waals surface area contributed by atoms with Crippen LogP contribution in [0.25, 0.3) is 0 Å². The average molecular weight is 162 g/mol. The molecule has 1 rings (SSSR count). The fraction of sp³-hybridized carbons (Fsp3) is 0. The van der Waals surface area contributed by atoms with Crippen molar-refractivity contribution in [2.75, 3.05) is 0 Å². The summed E-state index contributed by atoms with van der Waals surface area (Å²) < 4.78 is 0. The summed E-state index contributed by atoms with van der Waals surface area (Å²) in [5.74, 6) is -0.208. The SMILES string of the molecule is O=c1cccccc1O.[KH]. The predicted molar refractivity (Wildman–Crippen MR) is 41.5 cm³/mol. The Morgan fingerprint density at radius 1 is 1.10 bits per heavy atom. The van der Waals surface area contributed by atoms with Crippen LogP contribution in [0.1, 0.15) is 0 Å². The Kier molecular flexibility index (Phi) is 5.20. The fourth-order valence-electron chi connectivity index (χ4n) is 0.521. The minimum absolute atomic E-state index is 0. The van der Waals surface area contributed by atoms with E-state index in [4.69, 9.17) is 5.11 Å². The van der Waals surface area contributed by atoms with Crippen LogP contribution in [-0.2, 0) is 0 Å². The molecule has 1 aromatic carbocycles. The third-order valence-corrected chi connectivity index (χ3v) is 0.976. The number of aromatic hydroxyl groups is 1. The molecule has 48 valence electrons. The molecule has 0 saturated heterocycles. The summed E-state index contributed by atoms with van der Waals surface area (Å²) in [6.45, 7) is 0. The topological polar surface area (TPSA) is 37.3 Å². The molecule has 0 aliphatic carbocycles. The van der Waals surface area contributed by atoms with E-state index in [2.05, 4.69) is 0 Å². The predicted octanol–water partition coefficient (Wildman–Crippen LogP) is 0.104. The Morgan fingerprint density at radius 2 is 1.70 bits per heavy atom. The average Bonchev–Trinajstić information content (AvgIpc) is 1.99. The van der Waals surface area contributed by atoms with Crippen LogP contribution in [0.15, 0.2) is 35.1 Å². The molecule has 0 aliphatic heterocycles. The quantitative estimate of drug-likeness (QED) is 0.549. The van der Waals surface area contributed by atoms with Crippen LogP contribution in [0, 0.1) is 0 Å². The van der Waals surface area contributed by atoms with Gasteiger partial charge in [-0.15, -0.1) is 0 Å². The second kappa shape index (κ2) is 5.04. The van der Waals surface area contributed by atoms with Crippen molar-refractivity contribution in [1.82, 2.24) is 0 Å². The van der Waals surface area contributed by atoms with Crippen molar-refractivity contribution in [3.05, 3.63) is 40.6 Å². The Labute approximate surface area is 101 Å². The van der Waals surface area contributed by atoms with Gasteiger partial charge in [-0.05, 0) is 12.1 Å². The number of hydrogen-bond donors (Lipinski definition) is 1. The molecule has 0 fully saturated rings. The third-order valence-electron chi connectivity index (χ3n) is 0.976. The van der Waals surface area contributed by atoms with Gasteiger partial charge < -0.3 is 5.11 Å². The van der Waals surface area contributed by atoms with Gasteiger partial charge in [-0.1, -0.05) is 18.2 Å². The van der Waals surface area contributed by atoms with Gasteiger partial charge in [0.05, 0.1) is 0 Å². The van der Waals surface area contributed by atoms with E-state index in [1.54, 1.807) is 18.2 Å². The first-order valence-electron chi connectivity index (χ1n) is 2.59. The van der Waals surface area contributed by atoms with E-state index in [9.17, 15) is 4.79 Å². The van der Waals surface area contributed by atoms with Crippen LogP contribution in [0.2, 0.25) is 0 Å². The molecule has 0 aliphatic rings. The van der Waals surface area contributed by atoms with Gasteiger partial charge in [-0.25, -0.2) is 0 Å². The molecule has 0 bridgehead atoms. The standard InChI is InChI=1S/C7H6O2.K.H/c8-6-4-2-1-3-5-7(6)9;;/h1-5H,(H,8,9);;. The van der Waals surface area contributed by atoms with Gasteiger partial charge in [-0.3, -0.25) is 4.79 Å². The van der Waals surface area contributed by atoms with Crippen LogP contribution >= 0.6 is 0 Å². The van der Waals surface area contributed by atoms with E-state index in [-0.39, 0.29) is 62.6 Å². The van der Waals surface area contributed by atoms with Crippen molar-refractivity contribution in [3.8, 4) is 5.75 Å². The molecule has 0 spiro atoms. The summed E-state index contributed by atoms with van der Waals surface area (Å²) in [5, 5.41) is 8.77. The van der Waals surface area contributed by atoms with Crippen LogP contribution < -0.4 is 5.43 Å². The van der Waals surface area contributed by atoms with Gasteiger partial charge >= 0.3 is 51.4 Å². The molecule has 0 radical (unpaired) electrons. The maximum absolute atomic E-state index is 10.6. The second-order valence-electron chi connectivity index (χ2n) is 1.66. The molecule has 0 heterocycles. The Balaban J connectivity index is 0.000000810. The summed E-state index contributed by atoms with van der Waals surface area (Å²) in [6.07, 6.45) is 0. The first-order chi connectivity index (χ1) is 4.30. The molecule has 0 amide bonds. The fourth-order valence-corrected chi connectivity index (χ4v) is 0.521. The van der Waals surface area contributed by atoms with Crippen molar-refractivity contribution in [3.63, 3.8) is 0 Å². The molecule has 2 nitrogen and oxygen atoms in total. The Morgan fingerprint density at radius 3 is 2.40 bits per heavy atom. The summed E-state index contributed by atoms with van der Waals surface area (Å²) in [6, 6.07) is 7.55. The van der Waals surface area contributed by atoms with E-state index in [0.717, 1.165) is 0 Å². The van der Waals surface area contributed by atoms with E-state index < -0.39 is 0 Å². The van der Waals surface area contributed by atoms with Crippen LogP contribution in [0.3, 0.4) is 0 Å². The molecular formula is C7H7KO2. The third kappa shape index (κ3) is 2.94. The van der Waals surface area contributed by atoms with Gasteiger partial charge in [0, 0.05) is 0 Å². The van der Waals surface area contributed by atoms with Gasteiger partial charge in [-0.2, -0.15) is 0 Å². The zero-order valence-corrected chi connectivity index (χ0v) is 4.74. The monoisotopic (exact) mass is 162 g/mol. The molecule has 3 heteroatoms. The van der Waals surface area contributed by atoms with Gasteiger partial charge in [0.25, 0.3) is 0 Å². The number of rotatable bonds is 0. The van der Waals surface area contributed by atoms with Gasteiger partial charge in [0.1, 0.15) is 0 Å². The van der Waals surface area contributed by atoms with Crippen molar-refractivity contribution >= 4 is 51.4 Å². The second-order valence-corrected chi connectivity index (χ2v) is 1.66. The van der Waals surface area contributed by atoms with Crippen molar-refractivity contribution in [1.29, 1.82) is 0 Å².